The molecule has 0 spiro atoms. The monoisotopic (exact) mass is 419 g/mol. The summed E-state index contributed by atoms with van der Waals surface area (Å²) in [6.45, 7) is 6.67. The molecule has 2 atom stereocenters. The number of hydrogen-bond donors (Lipinski definition) is 0. The van der Waals surface area contributed by atoms with E-state index in [1.54, 1.807) is 11.8 Å². The number of benzene rings is 2. The zero-order valence-electron chi connectivity index (χ0n) is 18.4. The molecule has 1 aliphatic rings. The summed E-state index contributed by atoms with van der Waals surface area (Å²) < 4.78 is 7.45. The van der Waals surface area contributed by atoms with Gasteiger partial charge < -0.3 is 9.30 Å². The molecule has 6 nitrogen and oxygen atoms in total. The fraction of sp³-hybridized carbons (Fsp3) is 0.400. The Morgan fingerprint density at radius 2 is 1.90 bits per heavy atom. The molecule has 31 heavy (non-hydrogen) atoms. The van der Waals surface area contributed by atoms with Crippen LogP contribution in [0.3, 0.4) is 0 Å². The van der Waals surface area contributed by atoms with Crippen molar-refractivity contribution in [3.8, 4) is 0 Å². The summed E-state index contributed by atoms with van der Waals surface area (Å²) >= 11 is 0. The van der Waals surface area contributed by atoms with Gasteiger partial charge in [0.1, 0.15) is 0 Å². The van der Waals surface area contributed by atoms with E-state index in [1.165, 1.54) is 0 Å². The van der Waals surface area contributed by atoms with E-state index in [0.717, 1.165) is 41.4 Å². The van der Waals surface area contributed by atoms with Gasteiger partial charge in [-0.05, 0) is 38.0 Å². The van der Waals surface area contributed by atoms with Crippen molar-refractivity contribution in [1.29, 1.82) is 0 Å². The van der Waals surface area contributed by atoms with Gasteiger partial charge in [-0.2, -0.15) is 0 Å². The zero-order valence-corrected chi connectivity index (χ0v) is 18.4. The molecule has 0 aliphatic carbocycles. The van der Waals surface area contributed by atoms with Gasteiger partial charge in [0.15, 0.2) is 5.92 Å². The van der Waals surface area contributed by atoms with Crippen molar-refractivity contribution in [2.45, 2.75) is 46.1 Å². The number of ether oxygens (including phenoxy) is 1. The number of amides is 1. The zero-order chi connectivity index (χ0) is 22.0. The molecule has 2 aromatic carbocycles. The SMILES string of the molecule is CCCCCN1C(=O)[C@H](C(=O)OCC)[C@@H](c2cccc(C)c2)n2c1nc1ccccc12. The van der Waals surface area contributed by atoms with Gasteiger partial charge in [-0.3, -0.25) is 14.5 Å². The van der Waals surface area contributed by atoms with Crippen molar-refractivity contribution < 1.29 is 14.3 Å². The molecular weight excluding hydrogens is 390 g/mol. The number of esters is 1. The highest BCUT2D eigenvalue weighted by Gasteiger charge is 2.47. The van der Waals surface area contributed by atoms with Gasteiger partial charge in [-0.1, -0.05) is 61.7 Å². The van der Waals surface area contributed by atoms with Crippen molar-refractivity contribution in [2.75, 3.05) is 18.1 Å². The summed E-state index contributed by atoms with van der Waals surface area (Å²) in [5.41, 5.74) is 3.70. The van der Waals surface area contributed by atoms with Crippen LogP contribution in [0.4, 0.5) is 5.95 Å². The predicted molar refractivity (Wildman–Crippen MR) is 121 cm³/mol. The Kier molecular flexibility index (Phi) is 6.07. The lowest BCUT2D eigenvalue weighted by molar-refractivity contribution is -0.153. The maximum Gasteiger partial charge on any atom is 0.321 e. The molecule has 0 fully saturated rings. The Morgan fingerprint density at radius 1 is 1.10 bits per heavy atom. The first-order chi connectivity index (χ1) is 15.1. The Labute approximate surface area is 182 Å². The van der Waals surface area contributed by atoms with Gasteiger partial charge in [0.2, 0.25) is 11.9 Å². The second-order valence-corrected chi connectivity index (χ2v) is 8.06. The van der Waals surface area contributed by atoms with Gasteiger partial charge in [0.25, 0.3) is 0 Å². The van der Waals surface area contributed by atoms with Crippen LogP contribution in [-0.4, -0.2) is 34.6 Å². The van der Waals surface area contributed by atoms with E-state index >= 15 is 0 Å². The Morgan fingerprint density at radius 3 is 2.65 bits per heavy atom. The lowest BCUT2D eigenvalue weighted by Gasteiger charge is -2.38. The number of aromatic nitrogens is 2. The molecule has 1 aliphatic heterocycles. The van der Waals surface area contributed by atoms with E-state index in [1.807, 2.05) is 55.5 Å². The molecule has 3 aromatic rings. The molecule has 2 heterocycles. The predicted octanol–water partition coefficient (Wildman–Crippen LogP) is 4.65. The van der Waals surface area contributed by atoms with Crippen LogP contribution in [0, 0.1) is 12.8 Å². The fourth-order valence-corrected chi connectivity index (χ4v) is 4.43. The second-order valence-electron chi connectivity index (χ2n) is 8.06. The standard InChI is InChI=1S/C25H29N3O3/c1-4-6-9-15-27-23(29)21(24(30)31-5-2)22(18-12-10-11-17(3)16-18)28-20-14-8-7-13-19(20)26-25(27)28/h7-8,10-14,16,21-22H,4-6,9,15H2,1-3H3/t21-,22-/m1/s1. The highest BCUT2D eigenvalue weighted by Crippen LogP contribution is 2.41. The molecule has 4 rings (SSSR count). The molecule has 6 heteroatoms. The molecule has 0 saturated carbocycles. The topological polar surface area (TPSA) is 64.4 Å². The third kappa shape index (κ3) is 3.82. The number of imidazole rings is 1. The number of carbonyl (C=O) groups excluding carboxylic acids is 2. The van der Waals surface area contributed by atoms with E-state index in [9.17, 15) is 9.59 Å². The largest absolute Gasteiger partial charge is 0.465 e. The summed E-state index contributed by atoms with van der Waals surface area (Å²) in [6.07, 6.45) is 2.91. The number of nitrogens with zero attached hydrogens (tertiary/aromatic N) is 3. The highest BCUT2D eigenvalue weighted by molar-refractivity contribution is 6.08. The van der Waals surface area contributed by atoms with Crippen LogP contribution >= 0.6 is 0 Å². The summed E-state index contributed by atoms with van der Waals surface area (Å²) in [5, 5.41) is 0. The van der Waals surface area contributed by atoms with Crippen LogP contribution in [0.5, 0.6) is 0 Å². The van der Waals surface area contributed by atoms with Crippen LogP contribution in [0.15, 0.2) is 48.5 Å². The molecule has 0 radical (unpaired) electrons. The minimum Gasteiger partial charge on any atom is -0.465 e. The van der Waals surface area contributed by atoms with E-state index in [4.69, 9.17) is 9.72 Å². The summed E-state index contributed by atoms with van der Waals surface area (Å²) in [7, 11) is 0. The first kappa shape index (κ1) is 21.1. The first-order valence-corrected chi connectivity index (χ1v) is 11.1. The highest BCUT2D eigenvalue weighted by atomic mass is 16.5. The Balaban J connectivity index is 1.94. The minimum atomic E-state index is -0.950. The number of para-hydroxylation sites is 2. The summed E-state index contributed by atoms with van der Waals surface area (Å²) in [6, 6.07) is 15.3. The van der Waals surface area contributed by atoms with E-state index in [2.05, 4.69) is 11.5 Å². The van der Waals surface area contributed by atoms with Crippen LogP contribution in [0.2, 0.25) is 0 Å². The lowest BCUT2D eigenvalue weighted by atomic mass is 9.88. The molecule has 0 bridgehead atoms. The Bertz CT molecular complexity index is 1100. The molecule has 0 unspecified atom stereocenters. The smallest absolute Gasteiger partial charge is 0.321 e. The van der Waals surface area contributed by atoms with Crippen LogP contribution in [0.1, 0.15) is 50.3 Å². The Hall–Kier alpha value is -3.15. The number of fused-ring (bicyclic) bond motifs is 3. The molecule has 0 N–H and O–H groups in total. The maximum absolute atomic E-state index is 13.7. The molecular formula is C25H29N3O3. The third-order valence-corrected chi connectivity index (χ3v) is 5.85. The molecule has 0 saturated heterocycles. The number of hydrogen-bond acceptors (Lipinski definition) is 4. The fourth-order valence-electron chi connectivity index (χ4n) is 4.43. The quantitative estimate of drug-likeness (QED) is 0.318. The van der Waals surface area contributed by atoms with Crippen molar-refractivity contribution >= 4 is 28.9 Å². The lowest BCUT2D eigenvalue weighted by Crippen LogP contribution is -2.50. The van der Waals surface area contributed by atoms with E-state index < -0.39 is 17.9 Å². The van der Waals surface area contributed by atoms with Crippen LogP contribution in [-0.2, 0) is 14.3 Å². The van der Waals surface area contributed by atoms with Gasteiger partial charge >= 0.3 is 5.97 Å². The summed E-state index contributed by atoms with van der Waals surface area (Å²) in [4.78, 5) is 33.3. The van der Waals surface area contributed by atoms with Gasteiger partial charge in [0.05, 0.1) is 23.7 Å². The van der Waals surface area contributed by atoms with Crippen LogP contribution < -0.4 is 4.90 Å². The van der Waals surface area contributed by atoms with E-state index in [0.29, 0.717) is 12.5 Å². The molecule has 1 amide bonds. The van der Waals surface area contributed by atoms with Crippen molar-refractivity contribution in [3.05, 3.63) is 59.7 Å². The maximum atomic E-state index is 13.7. The van der Waals surface area contributed by atoms with Crippen molar-refractivity contribution in [1.82, 2.24) is 9.55 Å². The van der Waals surface area contributed by atoms with Gasteiger partial charge in [0, 0.05) is 6.54 Å². The average molecular weight is 420 g/mol. The molecule has 162 valence electrons. The van der Waals surface area contributed by atoms with Crippen molar-refractivity contribution in [3.63, 3.8) is 0 Å². The number of unbranched alkanes of at least 4 members (excludes halogenated alkanes) is 2. The molecule has 1 aromatic heterocycles. The van der Waals surface area contributed by atoms with Crippen molar-refractivity contribution in [2.24, 2.45) is 5.92 Å². The number of anilines is 1. The number of aryl methyl sites for hydroxylation is 1. The van der Waals surface area contributed by atoms with Gasteiger partial charge in [-0.15, -0.1) is 0 Å². The number of rotatable bonds is 7. The minimum absolute atomic E-state index is 0.233. The first-order valence-electron chi connectivity index (χ1n) is 11.1. The average Bonchev–Trinajstić information content (AvgIpc) is 3.14. The number of carbonyl (C=O) groups is 2. The normalized spacial score (nSPS) is 18.3. The van der Waals surface area contributed by atoms with E-state index in [-0.39, 0.29) is 12.5 Å². The van der Waals surface area contributed by atoms with Crippen LogP contribution in [0.25, 0.3) is 11.0 Å². The van der Waals surface area contributed by atoms with Gasteiger partial charge in [-0.25, -0.2) is 4.98 Å². The second kappa shape index (κ2) is 8.92. The third-order valence-electron chi connectivity index (χ3n) is 5.85. The summed E-state index contributed by atoms with van der Waals surface area (Å²) in [5.74, 6) is -1.06.